The number of piperazine rings is 1. The normalized spacial score (nSPS) is 26.5. The topological polar surface area (TPSA) is 70.2 Å². The number of benzene rings is 1. The zero-order valence-corrected chi connectivity index (χ0v) is 13.5. The second-order valence-corrected chi connectivity index (χ2v) is 6.52. The Morgan fingerprint density at radius 3 is 2.56 bits per heavy atom. The molecule has 3 rings (SSSR count). The van der Waals surface area contributed by atoms with E-state index in [9.17, 15) is 22.8 Å². The lowest BCUT2D eigenvalue weighted by Crippen LogP contribution is -2.65. The predicted octanol–water partition coefficient (Wildman–Crippen LogP) is 2.43. The molecule has 1 aliphatic carbocycles. The van der Waals surface area contributed by atoms with Crippen molar-refractivity contribution in [3.05, 3.63) is 29.8 Å². The Kier molecular flexibility index (Phi) is 4.99. The van der Waals surface area contributed by atoms with Crippen LogP contribution in [0.1, 0.15) is 37.7 Å². The van der Waals surface area contributed by atoms with Crippen molar-refractivity contribution >= 4 is 17.5 Å². The third-order valence-corrected chi connectivity index (χ3v) is 4.72. The average Bonchev–Trinajstić information content (AvgIpc) is 2.55. The van der Waals surface area contributed by atoms with Gasteiger partial charge in [-0.2, -0.15) is 13.2 Å². The van der Waals surface area contributed by atoms with Crippen molar-refractivity contribution in [2.75, 3.05) is 5.32 Å². The molecule has 3 atom stereocenters. The van der Waals surface area contributed by atoms with E-state index in [-0.39, 0.29) is 30.1 Å². The molecule has 0 unspecified atom stereocenters. The summed E-state index contributed by atoms with van der Waals surface area (Å²) < 4.78 is 38.9. The number of para-hydroxylation sites is 1. The largest absolute Gasteiger partial charge is 0.418 e. The maximum absolute atomic E-state index is 13.0. The molecule has 136 valence electrons. The summed E-state index contributed by atoms with van der Waals surface area (Å²) in [4.78, 5) is 24.3. The maximum Gasteiger partial charge on any atom is 0.418 e. The van der Waals surface area contributed by atoms with Crippen LogP contribution in [0.3, 0.4) is 0 Å². The first-order chi connectivity index (χ1) is 11.8. The zero-order valence-electron chi connectivity index (χ0n) is 13.5. The van der Waals surface area contributed by atoms with E-state index in [1.807, 2.05) is 0 Å². The van der Waals surface area contributed by atoms with Gasteiger partial charge >= 0.3 is 6.18 Å². The lowest BCUT2D eigenvalue weighted by Gasteiger charge is -2.40. The van der Waals surface area contributed by atoms with Crippen LogP contribution < -0.4 is 16.0 Å². The van der Waals surface area contributed by atoms with Crippen molar-refractivity contribution in [2.24, 2.45) is 0 Å². The molecule has 1 heterocycles. The average molecular weight is 355 g/mol. The van der Waals surface area contributed by atoms with Gasteiger partial charge in [0.1, 0.15) is 0 Å². The zero-order chi connectivity index (χ0) is 18.0. The molecule has 0 bridgehead atoms. The van der Waals surface area contributed by atoms with E-state index in [1.54, 1.807) is 0 Å². The van der Waals surface area contributed by atoms with Crippen molar-refractivity contribution in [1.29, 1.82) is 0 Å². The number of amides is 2. The summed E-state index contributed by atoms with van der Waals surface area (Å²) in [6.45, 7) is 0. The molecule has 2 fully saturated rings. The highest BCUT2D eigenvalue weighted by atomic mass is 19.4. The summed E-state index contributed by atoms with van der Waals surface area (Å²) in [6.07, 6.45) is -0.827. The van der Waals surface area contributed by atoms with Gasteiger partial charge in [-0.3, -0.25) is 9.59 Å². The summed E-state index contributed by atoms with van der Waals surface area (Å²) >= 11 is 0. The van der Waals surface area contributed by atoms with E-state index in [0.717, 1.165) is 31.7 Å². The maximum atomic E-state index is 13.0. The Morgan fingerprint density at radius 1 is 1.16 bits per heavy atom. The van der Waals surface area contributed by atoms with Gasteiger partial charge in [0.25, 0.3) is 0 Å². The quantitative estimate of drug-likeness (QED) is 0.780. The molecule has 0 radical (unpaired) electrons. The molecule has 1 aromatic rings. The number of anilines is 1. The second kappa shape index (κ2) is 7.03. The molecule has 25 heavy (non-hydrogen) atoms. The molecule has 2 amide bonds. The standard InChI is InChI=1S/C17H20F3N3O2/c18-17(19,20)10-5-1-2-6-11(10)22-15(24)9-14-16(25)23-13-8-4-3-7-12(13)21-14/h1-2,5-6,12-14,21H,3-4,7-9H2,(H,22,24)(H,23,25)/t12-,13-,14+/m1/s1. The Balaban J connectivity index is 1.64. The number of hydrogen-bond acceptors (Lipinski definition) is 3. The fourth-order valence-corrected chi connectivity index (χ4v) is 3.50. The van der Waals surface area contributed by atoms with Crippen molar-refractivity contribution in [1.82, 2.24) is 10.6 Å². The van der Waals surface area contributed by atoms with E-state index < -0.39 is 23.7 Å². The first-order valence-corrected chi connectivity index (χ1v) is 8.37. The third kappa shape index (κ3) is 4.12. The van der Waals surface area contributed by atoms with Crippen LogP contribution in [-0.4, -0.2) is 29.9 Å². The number of halogens is 3. The molecule has 0 aromatic heterocycles. The molecule has 5 nitrogen and oxygen atoms in total. The van der Waals surface area contributed by atoms with Crippen LogP contribution in [0.25, 0.3) is 0 Å². The van der Waals surface area contributed by atoms with Crippen LogP contribution in [-0.2, 0) is 15.8 Å². The van der Waals surface area contributed by atoms with Crippen LogP contribution >= 0.6 is 0 Å². The smallest absolute Gasteiger partial charge is 0.350 e. The van der Waals surface area contributed by atoms with E-state index in [1.165, 1.54) is 18.2 Å². The highest BCUT2D eigenvalue weighted by molar-refractivity contribution is 5.96. The Hall–Kier alpha value is -2.09. The van der Waals surface area contributed by atoms with Gasteiger partial charge in [0.15, 0.2) is 0 Å². The van der Waals surface area contributed by atoms with Gasteiger partial charge in [-0.05, 0) is 25.0 Å². The molecule has 1 saturated carbocycles. The van der Waals surface area contributed by atoms with E-state index in [0.29, 0.717) is 0 Å². The lowest BCUT2D eigenvalue weighted by atomic mass is 9.87. The number of carbonyl (C=O) groups is 2. The summed E-state index contributed by atoms with van der Waals surface area (Å²) in [5.41, 5.74) is -1.21. The summed E-state index contributed by atoms with van der Waals surface area (Å²) in [5.74, 6) is -0.902. The van der Waals surface area contributed by atoms with Gasteiger partial charge in [-0.25, -0.2) is 0 Å². The number of fused-ring (bicyclic) bond motifs is 1. The Bertz CT molecular complexity index is 663. The van der Waals surface area contributed by atoms with Crippen molar-refractivity contribution in [2.45, 2.75) is 56.4 Å². The molecule has 1 aliphatic heterocycles. The van der Waals surface area contributed by atoms with Gasteiger partial charge in [0.2, 0.25) is 11.8 Å². The Morgan fingerprint density at radius 2 is 1.84 bits per heavy atom. The molecule has 1 saturated heterocycles. The van der Waals surface area contributed by atoms with Crippen LogP contribution in [0.15, 0.2) is 24.3 Å². The number of carbonyl (C=O) groups excluding carboxylic acids is 2. The van der Waals surface area contributed by atoms with E-state index in [4.69, 9.17) is 0 Å². The molecule has 0 spiro atoms. The highest BCUT2D eigenvalue weighted by Gasteiger charge is 2.37. The summed E-state index contributed by atoms with van der Waals surface area (Å²) in [7, 11) is 0. The van der Waals surface area contributed by atoms with Crippen LogP contribution in [0, 0.1) is 0 Å². The predicted molar refractivity (Wildman–Crippen MR) is 85.8 cm³/mol. The fraction of sp³-hybridized carbons (Fsp3) is 0.529. The lowest BCUT2D eigenvalue weighted by molar-refractivity contribution is -0.137. The molecule has 2 aliphatic rings. The van der Waals surface area contributed by atoms with Gasteiger partial charge < -0.3 is 16.0 Å². The van der Waals surface area contributed by atoms with Gasteiger partial charge in [0, 0.05) is 12.1 Å². The molecule has 8 heteroatoms. The van der Waals surface area contributed by atoms with Gasteiger partial charge in [0.05, 0.1) is 23.7 Å². The Labute approximate surface area is 143 Å². The number of nitrogens with one attached hydrogen (secondary N) is 3. The minimum Gasteiger partial charge on any atom is -0.350 e. The fourth-order valence-electron chi connectivity index (χ4n) is 3.50. The van der Waals surface area contributed by atoms with Gasteiger partial charge in [-0.15, -0.1) is 0 Å². The number of rotatable bonds is 3. The molecule has 3 N–H and O–H groups in total. The highest BCUT2D eigenvalue weighted by Crippen LogP contribution is 2.34. The molecule has 1 aromatic carbocycles. The van der Waals surface area contributed by atoms with Crippen molar-refractivity contribution in [3.8, 4) is 0 Å². The minimum absolute atomic E-state index is 0.0755. The van der Waals surface area contributed by atoms with Gasteiger partial charge in [-0.1, -0.05) is 25.0 Å². The van der Waals surface area contributed by atoms with E-state index in [2.05, 4.69) is 16.0 Å². The third-order valence-electron chi connectivity index (χ3n) is 4.72. The van der Waals surface area contributed by atoms with Crippen LogP contribution in [0.2, 0.25) is 0 Å². The minimum atomic E-state index is -4.56. The monoisotopic (exact) mass is 355 g/mol. The first-order valence-electron chi connectivity index (χ1n) is 8.37. The first kappa shape index (κ1) is 17.7. The van der Waals surface area contributed by atoms with Crippen LogP contribution in [0.5, 0.6) is 0 Å². The summed E-state index contributed by atoms with van der Waals surface area (Å²) in [5, 5.41) is 8.36. The van der Waals surface area contributed by atoms with E-state index >= 15 is 0 Å². The number of alkyl halides is 3. The second-order valence-electron chi connectivity index (χ2n) is 6.52. The van der Waals surface area contributed by atoms with Crippen molar-refractivity contribution in [3.63, 3.8) is 0 Å². The number of hydrogen-bond donors (Lipinski definition) is 3. The molecular weight excluding hydrogens is 335 g/mol. The van der Waals surface area contributed by atoms with Crippen molar-refractivity contribution < 1.29 is 22.8 Å². The SMILES string of the molecule is O=C(C[C@@H]1N[C@@H]2CCCC[C@H]2NC1=O)Nc1ccccc1C(F)(F)F. The summed E-state index contributed by atoms with van der Waals surface area (Å²) in [6, 6.07) is 4.26. The molecular formula is C17H20F3N3O2. The van der Waals surface area contributed by atoms with Crippen LogP contribution in [0.4, 0.5) is 18.9 Å².